The van der Waals surface area contributed by atoms with E-state index < -0.39 is 0 Å². The van der Waals surface area contributed by atoms with E-state index in [0.717, 1.165) is 0 Å². The number of aliphatic hydroxyl groups is 1. The minimum atomic E-state index is -0.235. The van der Waals surface area contributed by atoms with Crippen LogP contribution in [0.5, 0.6) is 0 Å². The van der Waals surface area contributed by atoms with E-state index in [0.29, 0.717) is 11.3 Å². The maximum Gasteiger partial charge on any atom is 0.253 e. The van der Waals surface area contributed by atoms with E-state index >= 15 is 0 Å². The average molecular weight is 181 g/mol. The lowest BCUT2D eigenvalue weighted by atomic mass is 10.2. The molecule has 0 aromatic carbocycles. The number of hydrogen-bond donors (Lipinski definition) is 2. The van der Waals surface area contributed by atoms with Crippen molar-refractivity contribution in [3.05, 3.63) is 23.5 Å². The van der Waals surface area contributed by atoms with Crippen molar-refractivity contribution < 1.29 is 9.90 Å². The van der Waals surface area contributed by atoms with Crippen molar-refractivity contribution in [2.75, 3.05) is 13.2 Å². The van der Waals surface area contributed by atoms with Gasteiger partial charge in [0.1, 0.15) is 0 Å². The van der Waals surface area contributed by atoms with Crippen molar-refractivity contribution >= 4 is 5.91 Å². The quantitative estimate of drug-likeness (QED) is 0.659. The Bertz CT molecular complexity index is 301. The van der Waals surface area contributed by atoms with Gasteiger partial charge in [0.25, 0.3) is 5.91 Å². The van der Waals surface area contributed by atoms with Gasteiger partial charge in [0, 0.05) is 6.54 Å². The molecule has 0 unspecified atom stereocenters. The van der Waals surface area contributed by atoms with Crippen LogP contribution in [0.1, 0.15) is 16.1 Å². The zero-order valence-corrected chi connectivity index (χ0v) is 7.32. The Morgan fingerprint density at radius 3 is 3.08 bits per heavy atom. The van der Waals surface area contributed by atoms with Crippen molar-refractivity contribution in [2.24, 2.45) is 0 Å². The number of aryl methyl sites for hydroxylation is 1. The molecule has 0 saturated carbocycles. The molecule has 5 nitrogen and oxygen atoms in total. The van der Waals surface area contributed by atoms with Crippen LogP contribution in [0.4, 0.5) is 0 Å². The predicted molar refractivity (Wildman–Crippen MR) is 46.2 cm³/mol. The molecule has 0 atom stereocenters. The Labute approximate surface area is 75.8 Å². The molecule has 70 valence electrons. The van der Waals surface area contributed by atoms with Crippen LogP contribution in [-0.4, -0.2) is 34.4 Å². The summed E-state index contributed by atoms with van der Waals surface area (Å²) in [5, 5.41) is 18.4. The molecular formula is C8H11N3O2. The Hall–Kier alpha value is -1.49. The van der Waals surface area contributed by atoms with E-state index in [2.05, 4.69) is 15.5 Å². The van der Waals surface area contributed by atoms with Crippen LogP contribution in [0.25, 0.3) is 0 Å². The number of carbonyl (C=O) groups is 1. The average Bonchev–Trinajstić information content (AvgIpc) is 2.15. The van der Waals surface area contributed by atoms with Gasteiger partial charge in [-0.3, -0.25) is 4.79 Å². The van der Waals surface area contributed by atoms with E-state index in [-0.39, 0.29) is 19.1 Å². The first-order chi connectivity index (χ1) is 6.25. The van der Waals surface area contributed by atoms with Gasteiger partial charge in [-0.05, 0) is 13.0 Å². The van der Waals surface area contributed by atoms with E-state index in [1.54, 1.807) is 13.0 Å². The predicted octanol–water partition coefficient (Wildman–Crippen LogP) is -0.493. The fourth-order valence-electron chi connectivity index (χ4n) is 0.907. The highest BCUT2D eigenvalue weighted by molar-refractivity contribution is 5.94. The Kier molecular flexibility index (Phi) is 3.33. The number of nitrogens with one attached hydrogen (secondary N) is 1. The van der Waals surface area contributed by atoms with Gasteiger partial charge in [-0.25, -0.2) is 0 Å². The first-order valence-corrected chi connectivity index (χ1v) is 3.93. The molecule has 13 heavy (non-hydrogen) atoms. The molecule has 0 radical (unpaired) electrons. The standard InChI is InChI=1S/C8H11N3O2/c1-6-7(2-3-10-11-6)8(13)9-4-5-12/h2-3,12H,4-5H2,1H3,(H,9,13). The lowest BCUT2D eigenvalue weighted by Gasteiger charge is -2.03. The van der Waals surface area contributed by atoms with Crippen LogP contribution in [0.2, 0.25) is 0 Å². The third-order valence-corrected chi connectivity index (χ3v) is 1.55. The zero-order valence-electron chi connectivity index (χ0n) is 7.32. The molecule has 5 heteroatoms. The number of amides is 1. The van der Waals surface area contributed by atoms with Crippen molar-refractivity contribution in [1.29, 1.82) is 0 Å². The molecule has 2 N–H and O–H groups in total. The van der Waals surface area contributed by atoms with Gasteiger partial charge in [0.15, 0.2) is 0 Å². The van der Waals surface area contributed by atoms with Gasteiger partial charge in [0.05, 0.1) is 24.1 Å². The van der Waals surface area contributed by atoms with Crippen LogP contribution < -0.4 is 5.32 Å². The highest BCUT2D eigenvalue weighted by atomic mass is 16.3. The summed E-state index contributed by atoms with van der Waals surface area (Å²) in [5.41, 5.74) is 1.07. The van der Waals surface area contributed by atoms with E-state index in [1.165, 1.54) is 6.20 Å². The minimum absolute atomic E-state index is 0.0662. The summed E-state index contributed by atoms with van der Waals surface area (Å²) in [7, 11) is 0. The second kappa shape index (κ2) is 4.51. The van der Waals surface area contributed by atoms with Crippen LogP contribution in [0.3, 0.4) is 0 Å². The van der Waals surface area contributed by atoms with Crippen LogP contribution in [0, 0.1) is 6.92 Å². The lowest BCUT2D eigenvalue weighted by molar-refractivity contribution is 0.0943. The number of aromatic nitrogens is 2. The summed E-state index contributed by atoms with van der Waals surface area (Å²) >= 11 is 0. The fourth-order valence-corrected chi connectivity index (χ4v) is 0.907. The number of carbonyl (C=O) groups excluding carboxylic acids is 1. The van der Waals surface area contributed by atoms with Crippen molar-refractivity contribution in [1.82, 2.24) is 15.5 Å². The Morgan fingerprint density at radius 1 is 1.69 bits per heavy atom. The van der Waals surface area contributed by atoms with Crippen LogP contribution >= 0.6 is 0 Å². The molecular weight excluding hydrogens is 170 g/mol. The first-order valence-electron chi connectivity index (χ1n) is 3.93. The maximum absolute atomic E-state index is 11.3. The molecule has 1 rings (SSSR count). The fraction of sp³-hybridized carbons (Fsp3) is 0.375. The molecule has 0 aliphatic heterocycles. The number of rotatable bonds is 3. The molecule has 0 aliphatic carbocycles. The SMILES string of the molecule is Cc1nnccc1C(=O)NCCO. The van der Waals surface area contributed by atoms with Gasteiger partial charge in [-0.1, -0.05) is 0 Å². The molecule has 0 saturated heterocycles. The van der Waals surface area contributed by atoms with Gasteiger partial charge in [-0.2, -0.15) is 10.2 Å². The largest absolute Gasteiger partial charge is 0.395 e. The monoisotopic (exact) mass is 181 g/mol. The highest BCUT2D eigenvalue weighted by Gasteiger charge is 2.07. The smallest absolute Gasteiger partial charge is 0.253 e. The molecule has 0 aliphatic rings. The van der Waals surface area contributed by atoms with Gasteiger partial charge in [-0.15, -0.1) is 0 Å². The molecule has 1 heterocycles. The van der Waals surface area contributed by atoms with Crippen molar-refractivity contribution in [3.8, 4) is 0 Å². The second-order valence-corrected chi connectivity index (χ2v) is 2.51. The third-order valence-electron chi connectivity index (χ3n) is 1.55. The molecule has 1 amide bonds. The summed E-state index contributed by atoms with van der Waals surface area (Å²) in [5.74, 6) is -0.235. The van der Waals surface area contributed by atoms with Crippen molar-refractivity contribution in [3.63, 3.8) is 0 Å². The van der Waals surface area contributed by atoms with Crippen LogP contribution in [-0.2, 0) is 0 Å². The summed E-state index contributed by atoms with van der Waals surface area (Å²) in [6.45, 7) is 1.89. The number of aliphatic hydroxyl groups excluding tert-OH is 1. The third kappa shape index (κ3) is 2.48. The van der Waals surface area contributed by atoms with Crippen LogP contribution in [0.15, 0.2) is 12.3 Å². The van der Waals surface area contributed by atoms with Crippen molar-refractivity contribution in [2.45, 2.75) is 6.92 Å². The summed E-state index contributed by atoms with van der Waals surface area (Å²) in [4.78, 5) is 11.3. The summed E-state index contributed by atoms with van der Waals surface area (Å²) < 4.78 is 0. The molecule has 1 aromatic rings. The maximum atomic E-state index is 11.3. The number of hydrogen-bond acceptors (Lipinski definition) is 4. The lowest BCUT2D eigenvalue weighted by Crippen LogP contribution is -2.27. The topological polar surface area (TPSA) is 75.1 Å². The van der Waals surface area contributed by atoms with E-state index in [9.17, 15) is 4.79 Å². The van der Waals surface area contributed by atoms with Gasteiger partial charge < -0.3 is 10.4 Å². The number of nitrogens with zero attached hydrogens (tertiary/aromatic N) is 2. The summed E-state index contributed by atoms with van der Waals surface area (Å²) in [6.07, 6.45) is 1.46. The highest BCUT2D eigenvalue weighted by Crippen LogP contribution is 2.00. The Morgan fingerprint density at radius 2 is 2.46 bits per heavy atom. The Balaban J connectivity index is 2.71. The second-order valence-electron chi connectivity index (χ2n) is 2.51. The minimum Gasteiger partial charge on any atom is -0.395 e. The molecule has 0 bridgehead atoms. The first kappa shape index (κ1) is 9.60. The molecule has 0 fully saturated rings. The molecule has 0 spiro atoms. The molecule has 1 aromatic heterocycles. The van der Waals surface area contributed by atoms with E-state index in [1.807, 2.05) is 0 Å². The normalized spacial score (nSPS) is 9.69. The summed E-state index contributed by atoms with van der Waals surface area (Å²) in [6, 6.07) is 1.59. The zero-order chi connectivity index (χ0) is 9.68. The van der Waals surface area contributed by atoms with Gasteiger partial charge in [0.2, 0.25) is 0 Å². The van der Waals surface area contributed by atoms with E-state index in [4.69, 9.17) is 5.11 Å². The van der Waals surface area contributed by atoms with Gasteiger partial charge >= 0.3 is 0 Å².